The number of aliphatic hydroxyl groups excluding tert-OH is 1. The monoisotopic (exact) mass is 470 g/mol. The number of fused-ring (bicyclic) bond motifs is 7. The number of aliphatic hydroxyl groups is 1. The Morgan fingerprint density at radius 1 is 0.941 bits per heavy atom. The number of hydrogen-bond acceptors (Lipinski definition) is 3. The van der Waals surface area contributed by atoms with E-state index >= 15 is 0 Å². The van der Waals surface area contributed by atoms with Crippen molar-refractivity contribution in [3.05, 3.63) is 11.6 Å². The summed E-state index contributed by atoms with van der Waals surface area (Å²) in [4.78, 5) is 26.7. The molecular weight excluding hydrogens is 424 g/mol. The van der Waals surface area contributed by atoms with E-state index in [0.717, 1.165) is 25.7 Å². The van der Waals surface area contributed by atoms with Crippen molar-refractivity contribution in [3.8, 4) is 0 Å². The molecule has 4 heteroatoms. The number of carbonyl (C=O) groups excluding carboxylic acids is 1. The molecule has 0 heterocycles. The molecule has 0 spiro atoms. The van der Waals surface area contributed by atoms with Crippen LogP contribution in [0.15, 0.2) is 11.6 Å². The first kappa shape index (κ1) is 24.5. The van der Waals surface area contributed by atoms with E-state index in [1.807, 2.05) is 0 Å². The second-order valence-corrected chi connectivity index (χ2v) is 14.4. The highest BCUT2D eigenvalue weighted by atomic mass is 16.4. The molecule has 5 aliphatic carbocycles. The van der Waals surface area contributed by atoms with Crippen molar-refractivity contribution >= 4 is 11.8 Å². The van der Waals surface area contributed by atoms with E-state index in [-0.39, 0.29) is 33.9 Å². The quantitative estimate of drug-likeness (QED) is 0.474. The summed E-state index contributed by atoms with van der Waals surface area (Å²) >= 11 is 0. The summed E-state index contributed by atoms with van der Waals surface area (Å²) in [6.45, 7) is 16.0. The van der Waals surface area contributed by atoms with E-state index < -0.39 is 22.9 Å². The molecule has 11 atom stereocenters. The summed E-state index contributed by atoms with van der Waals surface area (Å²) in [5, 5.41) is 21.1. The Morgan fingerprint density at radius 2 is 1.62 bits per heavy atom. The lowest BCUT2D eigenvalue weighted by Crippen LogP contribution is -2.68. The molecular formula is C30H46O4. The Labute approximate surface area is 206 Å². The summed E-state index contributed by atoms with van der Waals surface area (Å²) in [7, 11) is 0. The van der Waals surface area contributed by atoms with Gasteiger partial charge in [-0.3, -0.25) is 9.59 Å². The Hall–Kier alpha value is -1.16. The molecule has 4 nitrogen and oxygen atoms in total. The number of ketones is 1. The summed E-state index contributed by atoms with van der Waals surface area (Å²) < 4.78 is 0. The third kappa shape index (κ3) is 2.70. The molecule has 0 saturated heterocycles. The zero-order valence-corrected chi connectivity index (χ0v) is 22.4. The summed E-state index contributed by atoms with van der Waals surface area (Å²) in [5.41, 5.74) is -0.124. The van der Waals surface area contributed by atoms with Crippen LogP contribution in [0.2, 0.25) is 0 Å². The van der Waals surface area contributed by atoms with Crippen LogP contribution in [-0.2, 0) is 9.59 Å². The lowest BCUT2D eigenvalue weighted by atomic mass is 9.33. The molecule has 4 fully saturated rings. The molecule has 0 unspecified atom stereocenters. The van der Waals surface area contributed by atoms with Crippen molar-refractivity contribution in [1.82, 2.24) is 0 Å². The van der Waals surface area contributed by atoms with E-state index in [1.165, 1.54) is 24.8 Å². The lowest BCUT2D eigenvalue weighted by Gasteiger charge is -2.70. The molecule has 0 aromatic rings. The highest BCUT2D eigenvalue weighted by Gasteiger charge is 2.71. The predicted octanol–water partition coefficient (Wildman–Crippen LogP) is 6.27. The van der Waals surface area contributed by atoms with Gasteiger partial charge in [0.25, 0.3) is 0 Å². The SMILES string of the molecule is C[C@H]1[C@H]2C3=CC(=O)[C@@H]4[C@@]5(C)CC[C@@H](O)[C@](C)(C(=O)O)[C@@H]5CC[C@@]4(C)[C@]3(C)CC[C@@]2(C)CC[C@@H]1C. The molecule has 190 valence electrons. The predicted molar refractivity (Wildman–Crippen MR) is 133 cm³/mol. The zero-order chi connectivity index (χ0) is 25.1. The van der Waals surface area contributed by atoms with Gasteiger partial charge in [0.05, 0.1) is 11.5 Å². The first-order chi connectivity index (χ1) is 15.7. The molecule has 0 aromatic carbocycles. The number of carboxylic acids is 1. The lowest BCUT2D eigenvalue weighted by molar-refractivity contribution is -0.215. The van der Waals surface area contributed by atoms with Crippen molar-refractivity contribution < 1.29 is 19.8 Å². The number of carboxylic acid groups (broad SMARTS) is 1. The van der Waals surface area contributed by atoms with Crippen LogP contribution >= 0.6 is 0 Å². The van der Waals surface area contributed by atoms with Crippen molar-refractivity contribution in [2.45, 2.75) is 106 Å². The van der Waals surface area contributed by atoms with Crippen molar-refractivity contribution in [2.75, 3.05) is 0 Å². The zero-order valence-electron chi connectivity index (χ0n) is 22.4. The highest BCUT2D eigenvalue weighted by Crippen LogP contribution is 2.75. The molecule has 5 aliphatic rings. The van der Waals surface area contributed by atoms with Gasteiger partial charge in [0.1, 0.15) is 0 Å². The Kier molecular flexibility index (Phi) is 5.20. The molecule has 4 saturated carbocycles. The van der Waals surface area contributed by atoms with E-state index in [1.54, 1.807) is 6.92 Å². The highest BCUT2D eigenvalue weighted by molar-refractivity contribution is 5.96. The van der Waals surface area contributed by atoms with Crippen molar-refractivity contribution in [2.24, 2.45) is 56.7 Å². The van der Waals surface area contributed by atoms with Gasteiger partial charge in [0.2, 0.25) is 0 Å². The summed E-state index contributed by atoms with van der Waals surface area (Å²) in [6.07, 6.45) is 8.89. The number of hydrogen-bond donors (Lipinski definition) is 2. The van der Waals surface area contributed by atoms with Gasteiger partial charge in [-0.1, -0.05) is 47.1 Å². The third-order valence-electron chi connectivity index (χ3n) is 13.2. The molecule has 0 radical (unpaired) electrons. The van der Waals surface area contributed by atoms with Gasteiger partial charge in [-0.15, -0.1) is 0 Å². The maximum atomic E-state index is 14.2. The molecule has 0 bridgehead atoms. The molecule has 0 aliphatic heterocycles. The van der Waals surface area contributed by atoms with Gasteiger partial charge in [-0.05, 0) is 110 Å². The van der Waals surface area contributed by atoms with Crippen LogP contribution in [-0.4, -0.2) is 28.1 Å². The average molecular weight is 471 g/mol. The van der Waals surface area contributed by atoms with Gasteiger partial charge >= 0.3 is 5.97 Å². The number of aliphatic carboxylic acids is 1. The van der Waals surface area contributed by atoms with Crippen LogP contribution in [0, 0.1) is 56.7 Å². The van der Waals surface area contributed by atoms with Gasteiger partial charge in [0.15, 0.2) is 5.78 Å². The van der Waals surface area contributed by atoms with Gasteiger partial charge < -0.3 is 10.2 Å². The molecule has 34 heavy (non-hydrogen) atoms. The minimum absolute atomic E-state index is 0.0370. The Bertz CT molecular complexity index is 953. The topological polar surface area (TPSA) is 74.6 Å². The second-order valence-electron chi connectivity index (χ2n) is 14.4. The van der Waals surface area contributed by atoms with Gasteiger partial charge in [0, 0.05) is 5.92 Å². The van der Waals surface area contributed by atoms with E-state index in [2.05, 4.69) is 47.6 Å². The second kappa shape index (κ2) is 7.20. The smallest absolute Gasteiger partial charge is 0.312 e. The van der Waals surface area contributed by atoms with E-state index in [0.29, 0.717) is 24.2 Å². The van der Waals surface area contributed by atoms with Crippen LogP contribution in [0.25, 0.3) is 0 Å². The number of carbonyl (C=O) groups is 2. The van der Waals surface area contributed by atoms with Gasteiger partial charge in [-0.2, -0.15) is 0 Å². The number of rotatable bonds is 1. The van der Waals surface area contributed by atoms with Crippen LogP contribution in [0.1, 0.15) is 99.8 Å². The number of allylic oxidation sites excluding steroid dienone is 2. The van der Waals surface area contributed by atoms with Crippen LogP contribution in [0.5, 0.6) is 0 Å². The van der Waals surface area contributed by atoms with E-state index in [9.17, 15) is 19.8 Å². The van der Waals surface area contributed by atoms with Crippen molar-refractivity contribution in [1.29, 1.82) is 0 Å². The minimum Gasteiger partial charge on any atom is -0.481 e. The summed E-state index contributed by atoms with van der Waals surface area (Å²) in [6, 6.07) is 0. The Balaban J connectivity index is 1.65. The maximum Gasteiger partial charge on any atom is 0.312 e. The van der Waals surface area contributed by atoms with Crippen LogP contribution in [0.4, 0.5) is 0 Å². The largest absolute Gasteiger partial charge is 0.481 e. The molecule has 5 rings (SSSR count). The molecule has 0 amide bonds. The third-order valence-corrected chi connectivity index (χ3v) is 13.2. The average Bonchev–Trinajstić information content (AvgIpc) is 2.75. The normalized spacial score (nSPS) is 56.9. The minimum atomic E-state index is -1.20. The van der Waals surface area contributed by atoms with Crippen LogP contribution < -0.4 is 0 Å². The standard InChI is InChI=1S/C30H46O4/c1-17-8-11-26(3)14-15-28(5)19(23(26)18(17)2)16-20(31)24-27(4)12-10-22(32)30(7,25(33)34)21(27)9-13-29(24,28)6/h16-18,21-24,32H,8-15H2,1-7H3,(H,33,34)/t17-,18+,21+,22+,23-,24+,26+,27-,28+,29+,30+/m0/s1. The first-order valence-electron chi connectivity index (χ1n) is 13.8. The fraction of sp³-hybridized carbons (Fsp3) is 0.867. The van der Waals surface area contributed by atoms with E-state index in [4.69, 9.17) is 0 Å². The van der Waals surface area contributed by atoms with Crippen molar-refractivity contribution in [3.63, 3.8) is 0 Å². The fourth-order valence-corrected chi connectivity index (χ4v) is 10.7. The van der Waals surface area contributed by atoms with Gasteiger partial charge in [-0.25, -0.2) is 0 Å². The van der Waals surface area contributed by atoms with Crippen LogP contribution in [0.3, 0.4) is 0 Å². The molecule has 0 aromatic heterocycles. The summed E-state index contributed by atoms with van der Waals surface area (Å²) in [5.74, 6) is 0.656. The Morgan fingerprint density at radius 3 is 2.26 bits per heavy atom. The molecule has 2 N–H and O–H groups in total. The maximum absolute atomic E-state index is 14.2. The first-order valence-corrected chi connectivity index (χ1v) is 13.8. The fourth-order valence-electron chi connectivity index (χ4n) is 10.7.